The summed E-state index contributed by atoms with van der Waals surface area (Å²) in [5.74, 6) is -1.01. The van der Waals surface area contributed by atoms with Crippen LogP contribution < -0.4 is 4.90 Å². The first-order chi connectivity index (χ1) is 10.0. The molecule has 106 valence electrons. The Kier molecular flexibility index (Phi) is 3.17. The number of carboxylic acids is 1. The van der Waals surface area contributed by atoms with Crippen molar-refractivity contribution in [2.75, 3.05) is 4.90 Å². The molecule has 0 spiro atoms. The van der Waals surface area contributed by atoms with Gasteiger partial charge in [-0.1, -0.05) is 6.07 Å². The van der Waals surface area contributed by atoms with Crippen LogP contribution in [0.3, 0.4) is 0 Å². The molecule has 5 nitrogen and oxygen atoms in total. The molecule has 0 atom stereocenters. The third kappa shape index (κ3) is 2.50. The van der Waals surface area contributed by atoms with Gasteiger partial charge in [0.25, 0.3) is 0 Å². The number of amides is 1. The van der Waals surface area contributed by atoms with Crippen LogP contribution in [-0.2, 0) is 17.8 Å². The number of nitrogens with zero attached hydrogens (tertiary/aromatic N) is 2. The van der Waals surface area contributed by atoms with Crippen LogP contribution in [0.5, 0.6) is 0 Å². The number of carbonyl (C=O) groups excluding carboxylic acids is 1. The summed E-state index contributed by atoms with van der Waals surface area (Å²) in [7, 11) is 0. The van der Waals surface area contributed by atoms with Gasteiger partial charge in [-0.15, -0.1) is 0 Å². The zero-order chi connectivity index (χ0) is 15.0. The second-order valence-corrected chi connectivity index (χ2v) is 5.08. The minimum atomic E-state index is -0.982. The molecule has 5 heteroatoms. The number of fused-ring (bicyclic) bond motifs is 1. The van der Waals surface area contributed by atoms with Crippen molar-refractivity contribution in [3.05, 3.63) is 58.9 Å². The highest BCUT2D eigenvalue weighted by molar-refractivity contribution is 6.02. The Bertz CT molecular complexity index is 740. The maximum atomic E-state index is 12.2. The Balaban J connectivity index is 1.92. The van der Waals surface area contributed by atoms with Gasteiger partial charge in [-0.05, 0) is 42.8 Å². The van der Waals surface area contributed by atoms with Gasteiger partial charge in [0, 0.05) is 11.4 Å². The van der Waals surface area contributed by atoms with E-state index in [1.165, 1.54) is 6.07 Å². The second kappa shape index (κ2) is 5.01. The van der Waals surface area contributed by atoms with Crippen LogP contribution in [0.2, 0.25) is 0 Å². The minimum Gasteiger partial charge on any atom is -0.478 e. The summed E-state index contributed by atoms with van der Waals surface area (Å²) in [4.78, 5) is 29.2. The van der Waals surface area contributed by atoms with Crippen molar-refractivity contribution in [1.29, 1.82) is 0 Å². The number of pyridine rings is 1. The fraction of sp³-hybridized carbons (Fsp3) is 0.188. The van der Waals surface area contributed by atoms with Gasteiger partial charge in [-0.3, -0.25) is 9.78 Å². The Hall–Kier alpha value is -2.69. The van der Waals surface area contributed by atoms with Crippen LogP contribution in [0.4, 0.5) is 5.69 Å². The van der Waals surface area contributed by atoms with Crippen LogP contribution in [0.1, 0.15) is 27.3 Å². The quantitative estimate of drug-likeness (QED) is 0.936. The molecule has 0 aliphatic carbocycles. The molecule has 2 heterocycles. The lowest BCUT2D eigenvalue weighted by Crippen LogP contribution is -2.26. The summed E-state index contributed by atoms with van der Waals surface area (Å²) in [5, 5.41) is 9.01. The molecule has 1 aliphatic heterocycles. The number of hydrogen-bond donors (Lipinski definition) is 1. The molecule has 0 saturated heterocycles. The molecule has 0 unspecified atom stereocenters. The standard InChI is InChI=1S/C16H14N2O3/c1-10-3-2-4-13(17-10)9-18-14-6-5-11(16(20)21)7-12(14)8-15(18)19/h2-7H,8-9H2,1H3,(H,20,21). The Labute approximate surface area is 121 Å². The summed E-state index contributed by atoms with van der Waals surface area (Å²) in [6, 6.07) is 10.5. The molecule has 1 aromatic carbocycles. The number of carbonyl (C=O) groups is 2. The molecule has 0 fully saturated rings. The lowest BCUT2D eigenvalue weighted by Gasteiger charge is -2.17. The van der Waals surface area contributed by atoms with E-state index in [9.17, 15) is 9.59 Å². The summed E-state index contributed by atoms with van der Waals surface area (Å²) in [5.41, 5.74) is 3.46. The summed E-state index contributed by atoms with van der Waals surface area (Å²) in [6.07, 6.45) is 0.238. The Morgan fingerprint density at radius 1 is 1.33 bits per heavy atom. The van der Waals surface area contributed by atoms with Crippen molar-refractivity contribution in [3.63, 3.8) is 0 Å². The van der Waals surface area contributed by atoms with Crippen LogP contribution in [-0.4, -0.2) is 22.0 Å². The van der Waals surface area contributed by atoms with Gasteiger partial charge in [0.05, 0.1) is 24.2 Å². The highest BCUT2D eigenvalue weighted by atomic mass is 16.4. The van der Waals surface area contributed by atoms with Gasteiger partial charge < -0.3 is 10.0 Å². The molecule has 0 saturated carbocycles. The molecule has 2 aromatic rings. The van der Waals surface area contributed by atoms with E-state index in [1.54, 1.807) is 17.0 Å². The van der Waals surface area contributed by atoms with E-state index in [-0.39, 0.29) is 17.9 Å². The summed E-state index contributed by atoms with van der Waals surface area (Å²) < 4.78 is 0. The van der Waals surface area contributed by atoms with Crippen molar-refractivity contribution in [1.82, 2.24) is 4.98 Å². The zero-order valence-electron chi connectivity index (χ0n) is 11.5. The first-order valence-corrected chi connectivity index (χ1v) is 6.64. The predicted octanol–water partition coefficient (Wildman–Crippen LogP) is 2.18. The van der Waals surface area contributed by atoms with E-state index in [2.05, 4.69) is 4.98 Å². The van der Waals surface area contributed by atoms with E-state index < -0.39 is 5.97 Å². The number of anilines is 1. The van der Waals surface area contributed by atoms with Crippen molar-refractivity contribution in [2.45, 2.75) is 19.9 Å². The number of aromatic carboxylic acids is 1. The molecule has 1 aliphatic rings. The first kappa shape index (κ1) is 13.3. The van der Waals surface area contributed by atoms with Crippen LogP contribution in [0, 0.1) is 6.92 Å². The fourth-order valence-electron chi connectivity index (χ4n) is 2.54. The number of rotatable bonds is 3. The van der Waals surface area contributed by atoms with Gasteiger partial charge in [0.15, 0.2) is 0 Å². The molecule has 21 heavy (non-hydrogen) atoms. The molecule has 3 rings (SSSR count). The maximum absolute atomic E-state index is 12.2. The monoisotopic (exact) mass is 282 g/mol. The topological polar surface area (TPSA) is 70.5 Å². The Morgan fingerprint density at radius 2 is 2.14 bits per heavy atom. The van der Waals surface area contributed by atoms with Gasteiger partial charge in [0.2, 0.25) is 5.91 Å². The third-order valence-corrected chi connectivity index (χ3v) is 3.53. The number of aromatic nitrogens is 1. The van der Waals surface area contributed by atoms with Gasteiger partial charge in [0.1, 0.15) is 0 Å². The normalized spacial score (nSPS) is 13.4. The average molecular weight is 282 g/mol. The van der Waals surface area contributed by atoms with Gasteiger partial charge >= 0.3 is 5.97 Å². The number of carboxylic acid groups (broad SMARTS) is 1. The summed E-state index contributed by atoms with van der Waals surface area (Å²) in [6.45, 7) is 2.31. The SMILES string of the molecule is Cc1cccc(CN2C(=O)Cc3cc(C(=O)O)ccc32)n1. The number of hydrogen-bond acceptors (Lipinski definition) is 3. The van der Waals surface area contributed by atoms with E-state index >= 15 is 0 Å². The lowest BCUT2D eigenvalue weighted by molar-refractivity contribution is -0.117. The van der Waals surface area contributed by atoms with E-state index in [0.717, 1.165) is 22.6 Å². The smallest absolute Gasteiger partial charge is 0.335 e. The van der Waals surface area contributed by atoms with Crippen molar-refractivity contribution in [3.8, 4) is 0 Å². The lowest BCUT2D eigenvalue weighted by atomic mass is 10.1. The van der Waals surface area contributed by atoms with E-state index in [4.69, 9.17) is 5.11 Å². The maximum Gasteiger partial charge on any atom is 0.335 e. The minimum absolute atomic E-state index is 0.0316. The first-order valence-electron chi connectivity index (χ1n) is 6.64. The molecular weight excluding hydrogens is 268 g/mol. The average Bonchev–Trinajstić information content (AvgIpc) is 2.74. The number of benzene rings is 1. The Morgan fingerprint density at radius 3 is 2.86 bits per heavy atom. The number of aryl methyl sites for hydroxylation is 1. The van der Waals surface area contributed by atoms with E-state index in [1.807, 2.05) is 25.1 Å². The van der Waals surface area contributed by atoms with Crippen LogP contribution in [0.15, 0.2) is 36.4 Å². The fourth-order valence-corrected chi connectivity index (χ4v) is 2.54. The van der Waals surface area contributed by atoms with Crippen molar-refractivity contribution in [2.24, 2.45) is 0 Å². The van der Waals surface area contributed by atoms with E-state index in [0.29, 0.717) is 6.54 Å². The third-order valence-electron chi connectivity index (χ3n) is 3.53. The highest BCUT2D eigenvalue weighted by Crippen LogP contribution is 2.30. The van der Waals surface area contributed by atoms with Gasteiger partial charge in [-0.25, -0.2) is 4.79 Å². The molecule has 0 bridgehead atoms. The predicted molar refractivity (Wildman–Crippen MR) is 77.3 cm³/mol. The molecule has 1 N–H and O–H groups in total. The zero-order valence-corrected chi connectivity index (χ0v) is 11.5. The molecule has 1 amide bonds. The van der Waals surface area contributed by atoms with Crippen molar-refractivity contribution < 1.29 is 14.7 Å². The van der Waals surface area contributed by atoms with Crippen molar-refractivity contribution >= 4 is 17.6 Å². The van der Waals surface area contributed by atoms with Crippen LogP contribution in [0.25, 0.3) is 0 Å². The van der Waals surface area contributed by atoms with Crippen LogP contribution >= 0.6 is 0 Å². The summed E-state index contributed by atoms with van der Waals surface area (Å²) >= 11 is 0. The van der Waals surface area contributed by atoms with Gasteiger partial charge in [-0.2, -0.15) is 0 Å². The highest BCUT2D eigenvalue weighted by Gasteiger charge is 2.28. The molecular formula is C16H14N2O3. The molecule has 1 aromatic heterocycles. The largest absolute Gasteiger partial charge is 0.478 e. The second-order valence-electron chi connectivity index (χ2n) is 5.08. The molecule has 0 radical (unpaired) electrons.